The minimum atomic E-state index is -0.621. The quantitative estimate of drug-likeness (QED) is 0.610. The Hall–Kier alpha value is -3.68. The van der Waals surface area contributed by atoms with E-state index in [-0.39, 0.29) is 11.3 Å². The van der Waals surface area contributed by atoms with Crippen LogP contribution in [0.2, 0.25) is 0 Å². The molecular formula is C22H24N4O4. The molecule has 30 heavy (non-hydrogen) atoms. The van der Waals surface area contributed by atoms with Gasteiger partial charge in [0.15, 0.2) is 5.69 Å². The van der Waals surface area contributed by atoms with E-state index in [4.69, 9.17) is 4.74 Å². The Morgan fingerprint density at radius 2 is 1.63 bits per heavy atom. The van der Waals surface area contributed by atoms with Gasteiger partial charge in [-0.3, -0.25) is 25.2 Å². The average Bonchev–Trinajstić information content (AvgIpc) is 2.74. The molecule has 0 atom stereocenters. The number of nitrogens with one attached hydrogen (secondary N) is 2. The zero-order valence-electron chi connectivity index (χ0n) is 17.1. The molecule has 2 amide bonds. The number of carbonyl (C=O) groups excluding carboxylic acids is 2. The zero-order valence-corrected chi connectivity index (χ0v) is 17.1. The minimum absolute atomic E-state index is 0.0434. The number of fused-ring (bicyclic) bond motifs is 1. The summed E-state index contributed by atoms with van der Waals surface area (Å²) in [5.74, 6) is 0.129. The number of benzene rings is 2. The Labute approximate surface area is 173 Å². The summed E-state index contributed by atoms with van der Waals surface area (Å²) in [4.78, 5) is 37.1. The van der Waals surface area contributed by atoms with Gasteiger partial charge in [-0.2, -0.15) is 5.10 Å². The van der Waals surface area contributed by atoms with E-state index in [9.17, 15) is 14.4 Å². The van der Waals surface area contributed by atoms with Gasteiger partial charge >= 0.3 is 0 Å². The molecule has 2 aromatic carbocycles. The van der Waals surface area contributed by atoms with Crippen molar-refractivity contribution in [2.45, 2.75) is 20.3 Å². The number of aromatic nitrogens is 2. The topological polar surface area (TPSA) is 102 Å². The molecule has 0 bridgehead atoms. The molecule has 0 aliphatic heterocycles. The van der Waals surface area contributed by atoms with Crippen molar-refractivity contribution in [1.29, 1.82) is 0 Å². The third-order valence-corrected chi connectivity index (χ3v) is 4.54. The molecule has 0 unspecified atom stereocenters. The molecule has 0 fully saturated rings. The molecule has 3 aromatic rings. The van der Waals surface area contributed by atoms with Crippen molar-refractivity contribution in [2.75, 3.05) is 6.61 Å². The third kappa shape index (κ3) is 4.83. The summed E-state index contributed by atoms with van der Waals surface area (Å²) in [6.45, 7) is 4.86. The predicted octanol–water partition coefficient (Wildman–Crippen LogP) is 2.43. The Balaban J connectivity index is 1.65. The standard InChI is InChI=1S/C22H24N4O4/c1-14(2)12-13-30-16-10-8-15(9-11-16)20(27)23-24-21(28)19-17-6-4-5-7-18(17)22(29)26(3)25-19/h4-11,14H,12-13H2,1-3H3,(H,23,27)(H,24,28). The van der Waals surface area contributed by atoms with E-state index in [1.54, 1.807) is 48.5 Å². The first kappa shape index (κ1) is 21.0. The van der Waals surface area contributed by atoms with E-state index < -0.39 is 11.8 Å². The molecule has 156 valence electrons. The van der Waals surface area contributed by atoms with Gasteiger partial charge in [-0.15, -0.1) is 0 Å². The van der Waals surface area contributed by atoms with Gasteiger partial charge in [-0.25, -0.2) is 4.68 Å². The summed E-state index contributed by atoms with van der Waals surface area (Å²) < 4.78 is 6.73. The molecule has 3 rings (SSSR count). The zero-order chi connectivity index (χ0) is 21.7. The normalized spacial score (nSPS) is 10.8. The Morgan fingerprint density at radius 3 is 2.30 bits per heavy atom. The minimum Gasteiger partial charge on any atom is -0.494 e. The molecule has 0 aliphatic carbocycles. The van der Waals surface area contributed by atoms with Crippen LogP contribution in [-0.4, -0.2) is 28.2 Å². The number of rotatable bonds is 6. The fourth-order valence-corrected chi connectivity index (χ4v) is 2.83. The lowest BCUT2D eigenvalue weighted by atomic mass is 10.1. The van der Waals surface area contributed by atoms with E-state index >= 15 is 0 Å². The predicted molar refractivity (Wildman–Crippen MR) is 113 cm³/mol. The van der Waals surface area contributed by atoms with Crippen molar-refractivity contribution in [3.8, 4) is 5.75 Å². The van der Waals surface area contributed by atoms with Gasteiger partial charge in [-0.05, 0) is 42.7 Å². The molecule has 0 saturated carbocycles. The number of ether oxygens (including phenoxy) is 1. The lowest BCUT2D eigenvalue weighted by Crippen LogP contribution is -2.42. The molecule has 1 heterocycles. The van der Waals surface area contributed by atoms with E-state index in [0.29, 0.717) is 34.6 Å². The van der Waals surface area contributed by atoms with Crippen molar-refractivity contribution in [2.24, 2.45) is 13.0 Å². The number of aryl methyl sites for hydroxylation is 1. The number of nitrogens with zero attached hydrogens (tertiary/aromatic N) is 2. The highest BCUT2D eigenvalue weighted by atomic mass is 16.5. The second-order valence-corrected chi connectivity index (χ2v) is 7.29. The maximum Gasteiger partial charge on any atom is 0.290 e. The summed E-state index contributed by atoms with van der Waals surface area (Å²) in [7, 11) is 1.47. The largest absolute Gasteiger partial charge is 0.494 e. The van der Waals surface area contributed by atoms with Crippen molar-refractivity contribution in [3.63, 3.8) is 0 Å². The number of carbonyl (C=O) groups is 2. The summed E-state index contributed by atoms with van der Waals surface area (Å²) >= 11 is 0. The Bertz CT molecular complexity index is 1120. The Kier molecular flexibility index (Phi) is 6.46. The number of hydrogen-bond acceptors (Lipinski definition) is 5. The highest BCUT2D eigenvalue weighted by molar-refractivity contribution is 6.06. The second kappa shape index (κ2) is 9.21. The Morgan fingerprint density at radius 1 is 1.00 bits per heavy atom. The van der Waals surface area contributed by atoms with Crippen LogP contribution in [-0.2, 0) is 7.05 Å². The molecular weight excluding hydrogens is 384 g/mol. The van der Waals surface area contributed by atoms with Crippen molar-refractivity contribution < 1.29 is 14.3 Å². The first-order valence-electron chi connectivity index (χ1n) is 9.66. The van der Waals surface area contributed by atoms with Crippen LogP contribution in [0.25, 0.3) is 10.8 Å². The molecule has 0 radical (unpaired) electrons. The number of amides is 2. The third-order valence-electron chi connectivity index (χ3n) is 4.54. The van der Waals surface area contributed by atoms with Gasteiger partial charge in [0.1, 0.15) is 5.75 Å². The summed E-state index contributed by atoms with van der Waals surface area (Å²) in [5, 5.41) is 4.82. The maximum atomic E-state index is 12.6. The molecule has 0 aliphatic rings. The molecule has 2 N–H and O–H groups in total. The van der Waals surface area contributed by atoms with Crippen LogP contribution >= 0.6 is 0 Å². The molecule has 0 saturated heterocycles. The summed E-state index contributed by atoms with van der Waals surface area (Å²) in [6, 6.07) is 13.3. The monoisotopic (exact) mass is 408 g/mol. The van der Waals surface area contributed by atoms with Crippen LogP contribution in [0, 0.1) is 5.92 Å². The van der Waals surface area contributed by atoms with Crippen LogP contribution in [0.15, 0.2) is 53.3 Å². The van der Waals surface area contributed by atoms with E-state index in [1.807, 2.05) is 0 Å². The van der Waals surface area contributed by atoms with Crippen molar-refractivity contribution in [3.05, 3.63) is 70.1 Å². The molecule has 0 spiro atoms. The van der Waals surface area contributed by atoms with Crippen LogP contribution in [0.5, 0.6) is 5.75 Å². The van der Waals surface area contributed by atoms with Gasteiger partial charge in [0.05, 0.1) is 12.0 Å². The fraction of sp³-hybridized carbons (Fsp3) is 0.273. The van der Waals surface area contributed by atoms with Gasteiger partial charge in [-0.1, -0.05) is 32.0 Å². The molecule has 8 nitrogen and oxygen atoms in total. The summed E-state index contributed by atoms with van der Waals surface area (Å²) in [6.07, 6.45) is 0.946. The second-order valence-electron chi connectivity index (χ2n) is 7.29. The maximum absolute atomic E-state index is 12.6. The van der Waals surface area contributed by atoms with E-state index in [1.165, 1.54) is 7.05 Å². The molecule has 8 heteroatoms. The van der Waals surface area contributed by atoms with Gasteiger partial charge in [0, 0.05) is 18.0 Å². The molecule has 1 aromatic heterocycles. The highest BCUT2D eigenvalue weighted by Crippen LogP contribution is 2.14. The van der Waals surface area contributed by atoms with Crippen molar-refractivity contribution in [1.82, 2.24) is 20.6 Å². The van der Waals surface area contributed by atoms with Gasteiger partial charge in [0.25, 0.3) is 17.4 Å². The lowest BCUT2D eigenvalue weighted by Gasteiger charge is -2.11. The van der Waals surface area contributed by atoms with Crippen LogP contribution in [0.4, 0.5) is 0 Å². The fourth-order valence-electron chi connectivity index (χ4n) is 2.83. The number of hydrazine groups is 1. The first-order valence-corrected chi connectivity index (χ1v) is 9.66. The van der Waals surface area contributed by atoms with Crippen LogP contribution in [0.3, 0.4) is 0 Å². The van der Waals surface area contributed by atoms with Gasteiger partial charge < -0.3 is 4.74 Å². The van der Waals surface area contributed by atoms with Crippen LogP contribution < -0.4 is 21.1 Å². The smallest absolute Gasteiger partial charge is 0.290 e. The number of hydrogen-bond donors (Lipinski definition) is 2. The van der Waals surface area contributed by atoms with Gasteiger partial charge in [0.2, 0.25) is 0 Å². The highest BCUT2D eigenvalue weighted by Gasteiger charge is 2.16. The summed E-state index contributed by atoms with van der Waals surface area (Å²) in [5.41, 5.74) is 4.82. The van der Waals surface area contributed by atoms with Crippen molar-refractivity contribution >= 4 is 22.6 Å². The lowest BCUT2D eigenvalue weighted by molar-refractivity contribution is 0.0843. The SMILES string of the molecule is CC(C)CCOc1ccc(C(=O)NNC(=O)c2nn(C)c(=O)c3ccccc23)cc1. The van der Waals surface area contributed by atoms with Crippen LogP contribution in [0.1, 0.15) is 41.1 Å². The first-order chi connectivity index (χ1) is 14.4. The van der Waals surface area contributed by atoms with E-state index in [2.05, 4.69) is 29.8 Å². The average molecular weight is 408 g/mol. The van der Waals surface area contributed by atoms with E-state index in [0.717, 1.165) is 11.1 Å².